The molecule has 105 valence electrons. The van der Waals surface area contributed by atoms with Gasteiger partial charge in [-0.25, -0.2) is 0 Å². The van der Waals surface area contributed by atoms with Crippen LogP contribution in [-0.4, -0.2) is 10.2 Å². The van der Waals surface area contributed by atoms with Crippen molar-refractivity contribution in [2.45, 2.75) is 13.3 Å². The molecule has 3 rings (SSSR count). The second-order valence-corrected chi connectivity index (χ2v) is 5.20. The van der Waals surface area contributed by atoms with Crippen LogP contribution >= 0.6 is 11.6 Å². The third-order valence-corrected chi connectivity index (χ3v) is 3.36. The highest BCUT2D eigenvalue weighted by atomic mass is 35.5. The van der Waals surface area contributed by atoms with E-state index in [2.05, 4.69) is 34.8 Å². The second kappa shape index (κ2) is 6.10. The van der Waals surface area contributed by atoms with Crippen molar-refractivity contribution in [3.8, 4) is 11.1 Å². The van der Waals surface area contributed by atoms with Gasteiger partial charge in [-0.15, -0.1) is 10.2 Å². The molecule has 0 aliphatic carbocycles. The lowest BCUT2D eigenvalue weighted by Crippen LogP contribution is -1.90. The molecule has 3 nitrogen and oxygen atoms in total. The standard InChI is InChI=1S/C17H14ClN2O/c1-12-19-20-17(21-12)9-8-13-4-2-5-14(10-13)15-6-3-7-16(18)11-15/h2-8,10-11H,9H2,1H3. The summed E-state index contributed by atoms with van der Waals surface area (Å²) in [5, 5.41) is 8.55. The molecule has 0 aliphatic heterocycles. The minimum atomic E-state index is 0.589. The minimum Gasteiger partial charge on any atom is -0.426 e. The van der Waals surface area contributed by atoms with Gasteiger partial charge in [0.25, 0.3) is 0 Å². The summed E-state index contributed by atoms with van der Waals surface area (Å²) >= 11 is 6.04. The van der Waals surface area contributed by atoms with Crippen molar-refractivity contribution in [3.05, 3.63) is 77.3 Å². The zero-order chi connectivity index (χ0) is 14.7. The maximum atomic E-state index is 6.04. The van der Waals surface area contributed by atoms with Crippen LogP contribution in [0, 0.1) is 13.3 Å². The predicted octanol–water partition coefficient (Wildman–Crippen LogP) is 4.49. The molecule has 0 spiro atoms. The first-order valence-corrected chi connectivity index (χ1v) is 7.07. The zero-order valence-electron chi connectivity index (χ0n) is 11.6. The molecular formula is C17H14ClN2O. The Morgan fingerprint density at radius 2 is 1.81 bits per heavy atom. The van der Waals surface area contributed by atoms with Gasteiger partial charge in [-0.3, -0.25) is 0 Å². The lowest BCUT2D eigenvalue weighted by atomic mass is 10.0. The highest BCUT2D eigenvalue weighted by molar-refractivity contribution is 6.30. The Morgan fingerprint density at radius 1 is 1.05 bits per heavy atom. The Hall–Kier alpha value is -2.13. The average molecular weight is 298 g/mol. The lowest BCUT2D eigenvalue weighted by Gasteiger charge is -2.05. The van der Waals surface area contributed by atoms with Crippen molar-refractivity contribution >= 4 is 11.6 Å². The first-order valence-electron chi connectivity index (χ1n) is 6.69. The van der Waals surface area contributed by atoms with Gasteiger partial charge in [0, 0.05) is 18.4 Å². The Kier molecular flexibility index (Phi) is 4.02. The molecule has 0 saturated carbocycles. The molecule has 0 atom stereocenters. The average Bonchev–Trinajstić information content (AvgIpc) is 2.91. The molecule has 0 unspecified atom stereocenters. The van der Waals surface area contributed by atoms with Crippen molar-refractivity contribution < 1.29 is 4.42 Å². The highest BCUT2D eigenvalue weighted by Gasteiger charge is 2.05. The van der Waals surface area contributed by atoms with Crippen LogP contribution in [0.2, 0.25) is 5.02 Å². The largest absolute Gasteiger partial charge is 0.426 e. The van der Waals surface area contributed by atoms with E-state index in [0.29, 0.717) is 18.2 Å². The van der Waals surface area contributed by atoms with E-state index < -0.39 is 0 Å². The van der Waals surface area contributed by atoms with E-state index in [1.807, 2.05) is 30.3 Å². The Morgan fingerprint density at radius 3 is 2.52 bits per heavy atom. The number of benzene rings is 2. The number of nitrogens with zero attached hydrogens (tertiary/aromatic N) is 2. The molecular weight excluding hydrogens is 284 g/mol. The van der Waals surface area contributed by atoms with E-state index in [0.717, 1.165) is 21.7 Å². The van der Waals surface area contributed by atoms with Gasteiger partial charge in [0.15, 0.2) is 0 Å². The predicted molar refractivity (Wildman–Crippen MR) is 83.0 cm³/mol. The molecule has 4 heteroatoms. The van der Waals surface area contributed by atoms with E-state index in [1.54, 1.807) is 6.92 Å². The molecule has 0 aliphatic rings. The van der Waals surface area contributed by atoms with Gasteiger partial charge in [-0.1, -0.05) is 48.0 Å². The summed E-state index contributed by atoms with van der Waals surface area (Å²) in [6, 6.07) is 16.1. The molecule has 0 amide bonds. The summed E-state index contributed by atoms with van der Waals surface area (Å²) in [7, 11) is 0. The fraction of sp³-hybridized carbons (Fsp3) is 0.118. The van der Waals surface area contributed by atoms with Crippen LogP contribution < -0.4 is 0 Å². The van der Waals surface area contributed by atoms with Crippen LogP contribution in [0.1, 0.15) is 17.3 Å². The van der Waals surface area contributed by atoms with E-state index in [1.165, 1.54) is 0 Å². The van der Waals surface area contributed by atoms with Gasteiger partial charge in [0.1, 0.15) is 0 Å². The van der Waals surface area contributed by atoms with E-state index in [4.69, 9.17) is 16.0 Å². The molecule has 0 saturated heterocycles. The topological polar surface area (TPSA) is 38.9 Å². The smallest absolute Gasteiger partial charge is 0.217 e. The van der Waals surface area contributed by atoms with E-state index >= 15 is 0 Å². The van der Waals surface area contributed by atoms with Crippen molar-refractivity contribution in [2.75, 3.05) is 0 Å². The number of rotatable bonds is 4. The Labute approximate surface area is 128 Å². The van der Waals surface area contributed by atoms with E-state index in [-0.39, 0.29) is 0 Å². The van der Waals surface area contributed by atoms with Crippen LogP contribution in [0.4, 0.5) is 0 Å². The highest BCUT2D eigenvalue weighted by Crippen LogP contribution is 2.24. The van der Waals surface area contributed by atoms with Crippen molar-refractivity contribution in [3.63, 3.8) is 0 Å². The van der Waals surface area contributed by atoms with Gasteiger partial charge < -0.3 is 4.42 Å². The number of aromatic nitrogens is 2. The SMILES string of the molecule is Cc1nnc(C[CH]c2cccc(-c3cccc(Cl)c3)c2)o1. The van der Waals surface area contributed by atoms with Crippen molar-refractivity contribution in [2.24, 2.45) is 0 Å². The molecule has 0 bridgehead atoms. The molecule has 0 N–H and O–H groups in total. The molecule has 21 heavy (non-hydrogen) atoms. The molecule has 0 fully saturated rings. The normalized spacial score (nSPS) is 10.8. The third kappa shape index (κ3) is 3.50. The number of hydrogen-bond acceptors (Lipinski definition) is 3. The van der Waals surface area contributed by atoms with Crippen LogP contribution in [-0.2, 0) is 6.42 Å². The summed E-state index contributed by atoms with van der Waals surface area (Å²) in [5.74, 6) is 1.21. The first-order chi connectivity index (χ1) is 10.2. The fourth-order valence-corrected chi connectivity index (χ4v) is 2.33. The summed E-state index contributed by atoms with van der Waals surface area (Å²) in [6.45, 7) is 1.79. The lowest BCUT2D eigenvalue weighted by molar-refractivity contribution is 0.476. The van der Waals surface area contributed by atoms with Crippen LogP contribution in [0.3, 0.4) is 0 Å². The van der Waals surface area contributed by atoms with Crippen molar-refractivity contribution in [1.82, 2.24) is 10.2 Å². The zero-order valence-corrected chi connectivity index (χ0v) is 12.3. The quantitative estimate of drug-likeness (QED) is 0.712. The molecule has 1 aromatic heterocycles. The third-order valence-electron chi connectivity index (χ3n) is 3.12. The van der Waals surface area contributed by atoms with Crippen LogP contribution in [0.5, 0.6) is 0 Å². The van der Waals surface area contributed by atoms with E-state index in [9.17, 15) is 0 Å². The molecule has 3 aromatic rings. The first kappa shape index (κ1) is 13.8. The Balaban J connectivity index is 1.77. The summed E-state index contributed by atoms with van der Waals surface area (Å²) in [6.07, 6.45) is 2.70. The molecule has 2 aromatic carbocycles. The number of aryl methyl sites for hydroxylation is 1. The Bertz CT molecular complexity index is 752. The monoisotopic (exact) mass is 297 g/mol. The van der Waals surface area contributed by atoms with Crippen LogP contribution in [0.15, 0.2) is 52.9 Å². The maximum Gasteiger partial charge on any atom is 0.217 e. The summed E-state index contributed by atoms with van der Waals surface area (Å²) < 4.78 is 5.36. The van der Waals surface area contributed by atoms with Crippen LogP contribution in [0.25, 0.3) is 11.1 Å². The molecule has 1 heterocycles. The number of halogens is 1. The summed E-state index contributed by atoms with van der Waals surface area (Å²) in [5.41, 5.74) is 3.35. The van der Waals surface area contributed by atoms with Crippen molar-refractivity contribution in [1.29, 1.82) is 0 Å². The van der Waals surface area contributed by atoms with Gasteiger partial charge in [0.05, 0.1) is 0 Å². The van der Waals surface area contributed by atoms with Gasteiger partial charge in [0.2, 0.25) is 11.8 Å². The summed E-state index contributed by atoms with van der Waals surface area (Å²) in [4.78, 5) is 0. The minimum absolute atomic E-state index is 0.589. The fourth-order valence-electron chi connectivity index (χ4n) is 2.14. The van der Waals surface area contributed by atoms with Gasteiger partial charge in [-0.2, -0.15) is 0 Å². The maximum absolute atomic E-state index is 6.04. The molecule has 1 radical (unpaired) electrons. The number of hydrogen-bond donors (Lipinski definition) is 0. The van der Waals surface area contributed by atoms with Gasteiger partial charge in [-0.05, 0) is 35.2 Å². The van der Waals surface area contributed by atoms with Gasteiger partial charge >= 0.3 is 0 Å². The second-order valence-electron chi connectivity index (χ2n) is 4.76.